The maximum atomic E-state index is 12.5. The first-order chi connectivity index (χ1) is 10.4. The number of carbonyl (C=O) groups is 2. The van der Waals surface area contributed by atoms with E-state index in [0.29, 0.717) is 15.1 Å². The molecule has 7 heteroatoms. The summed E-state index contributed by atoms with van der Waals surface area (Å²) in [5.74, 6) is -1.15. The molecule has 23 heavy (non-hydrogen) atoms. The van der Waals surface area contributed by atoms with Crippen LogP contribution in [0.25, 0.3) is 0 Å². The Morgan fingerprint density at radius 1 is 1.30 bits per heavy atom. The molecule has 128 valence electrons. The molecular formula is C16H21BrClNO4. The molecule has 1 amide bonds. The summed E-state index contributed by atoms with van der Waals surface area (Å²) >= 11 is 9.23. The minimum absolute atomic E-state index is 0.367. The van der Waals surface area contributed by atoms with Gasteiger partial charge in [0.1, 0.15) is 5.60 Å². The molecule has 0 radical (unpaired) electrons. The van der Waals surface area contributed by atoms with E-state index in [9.17, 15) is 14.7 Å². The fourth-order valence-corrected chi connectivity index (χ4v) is 2.95. The molecule has 1 unspecified atom stereocenters. The molecule has 0 fully saturated rings. The van der Waals surface area contributed by atoms with E-state index >= 15 is 0 Å². The van der Waals surface area contributed by atoms with Crippen LogP contribution < -0.4 is 0 Å². The molecule has 1 atom stereocenters. The van der Waals surface area contributed by atoms with Crippen molar-refractivity contribution in [2.75, 3.05) is 0 Å². The van der Waals surface area contributed by atoms with Crippen molar-refractivity contribution in [3.05, 3.63) is 33.3 Å². The zero-order chi connectivity index (χ0) is 17.9. The second-order valence-corrected chi connectivity index (χ2v) is 7.68. The smallest absolute Gasteiger partial charge is 0.411 e. The number of carbonyl (C=O) groups excluding carboxylic acids is 1. The summed E-state index contributed by atoms with van der Waals surface area (Å²) < 4.78 is 5.88. The summed E-state index contributed by atoms with van der Waals surface area (Å²) in [4.78, 5) is 25.6. The van der Waals surface area contributed by atoms with Gasteiger partial charge >= 0.3 is 12.1 Å². The Balaban J connectivity index is 3.33. The van der Waals surface area contributed by atoms with Crippen LogP contribution in [0.4, 0.5) is 4.79 Å². The summed E-state index contributed by atoms with van der Waals surface area (Å²) in [5.41, 5.74) is -0.286. The number of nitrogens with zero attached hydrogens (tertiary/aromatic N) is 1. The van der Waals surface area contributed by atoms with Crippen molar-refractivity contribution in [3.8, 4) is 0 Å². The van der Waals surface area contributed by atoms with Crippen LogP contribution in [0.1, 0.15) is 46.2 Å². The monoisotopic (exact) mass is 405 g/mol. The summed E-state index contributed by atoms with van der Waals surface area (Å²) in [6.45, 7) is 8.68. The van der Waals surface area contributed by atoms with Crippen molar-refractivity contribution in [3.63, 3.8) is 0 Å². The number of benzene rings is 1. The summed E-state index contributed by atoms with van der Waals surface area (Å²) in [5, 5.41) is 10.2. The highest BCUT2D eigenvalue weighted by Crippen LogP contribution is 2.32. The number of amides is 1. The van der Waals surface area contributed by atoms with Crippen LogP contribution in [0.15, 0.2) is 22.7 Å². The van der Waals surface area contributed by atoms with E-state index in [2.05, 4.69) is 15.9 Å². The summed E-state index contributed by atoms with van der Waals surface area (Å²) in [7, 11) is 0. The average Bonchev–Trinajstić information content (AvgIpc) is 2.33. The van der Waals surface area contributed by atoms with E-state index in [4.69, 9.17) is 16.3 Å². The van der Waals surface area contributed by atoms with Gasteiger partial charge in [0.2, 0.25) is 0 Å². The molecule has 1 aromatic rings. The van der Waals surface area contributed by atoms with E-state index < -0.39 is 23.7 Å². The van der Waals surface area contributed by atoms with Gasteiger partial charge in [0.15, 0.2) is 6.04 Å². The van der Waals surface area contributed by atoms with E-state index in [-0.39, 0.29) is 6.04 Å². The molecule has 1 aromatic carbocycles. The maximum absolute atomic E-state index is 12.5. The van der Waals surface area contributed by atoms with Crippen LogP contribution in [-0.2, 0) is 9.53 Å². The zero-order valence-electron chi connectivity index (χ0n) is 13.8. The zero-order valence-corrected chi connectivity index (χ0v) is 16.1. The maximum Gasteiger partial charge on any atom is 0.411 e. The fourth-order valence-electron chi connectivity index (χ4n) is 2.05. The molecule has 0 aliphatic rings. The van der Waals surface area contributed by atoms with Crippen LogP contribution in [-0.4, -0.2) is 33.7 Å². The Labute approximate surface area is 149 Å². The number of hydrogen-bond acceptors (Lipinski definition) is 3. The summed E-state index contributed by atoms with van der Waals surface area (Å²) in [6.07, 6.45) is -0.679. The van der Waals surface area contributed by atoms with Gasteiger partial charge in [0.25, 0.3) is 0 Å². The van der Waals surface area contributed by atoms with Crippen molar-refractivity contribution in [2.45, 2.75) is 52.3 Å². The van der Waals surface area contributed by atoms with Crippen LogP contribution in [0.2, 0.25) is 5.02 Å². The van der Waals surface area contributed by atoms with Gasteiger partial charge in [-0.25, -0.2) is 9.59 Å². The van der Waals surface area contributed by atoms with E-state index in [0.717, 1.165) is 0 Å². The Bertz CT molecular complexity index is 598. The largest absolute Gasteiger partial charge is 0.479 e. The molecular weight excluding hydrogens is 386 g/mol. The van der Waals surface area contributed by atoms with Crippen molar-refractivity contribution in [2.24, 2.45) is 0 Å². The van der Waals surface area contributed by atoms with E-state index in [1.807, 2.05) is 0 Å². The third kappa shape index (κ3) is 5.39. The van der Waals surface area contributed by atoms with Gasteiger partial charge in [-0.05, 0) is 46.8 Å². The highest BCUT2D eigenvalue weighted by Gasteiger charge is 2.37. The third-order valence-corrected chi connectivity index (χ3v) is 3.85. The van der Waals surface area contributed by atoms with Crippen LogP contribution in [0.5, 0.6) is 0 Å². The van der Waals surface area contributed by atoms with Crippen LogP contribution >= 0.6 is 27.5 Å². The van der Waals surface area contributed by atoms with Crippen molar-refractivity contribution < 1.29 is 19.4 Å². The van der Waals surface area contributed by atoms with E-state index in [1.54, 1.807) is 52.8 Å². The standard InChI is InChI=1S/C16H21BrClNO4/c1-9(2)19(15(22)23-16(3,4)5)13(14(20)21)11-7-6-10(18)8-12(11)17/h6-9,13H,1-5H3,(H,20,21). The molecule has 1 rings (SSSR count). The minimum atomic E-state index is -1.18. The quantitative estimate of drug-likeness (QED) is 0.774. The van der Waals surface area contributed by atoms with Crippen LogP contribution in [0, 0.1) is 0 Å². The molecule has 0 aliphatic heterocycles. The lowest BCUT2D eigenvalue weighted by molar-refractivity contribution is -0.144. The van der Waals surface area contributed by atoms with Crippen molar-refractivity contribution in [1.29, 1.82) is 0 Å². The van der Waals surface area contributed by atoms with Gasteiger partial charge in [0, 0.05) is 21.1 Å². The number of carboxylic acids is 1. The van der Waals surface area contributed by atoms with Gasteiger partial charge in [-0.15, -0.1) is 0 Å². The lowest BCUT2D eigenvalue weighted by Crippen LogP contribution is -2.46. The number of ether oxygens (including phenoxy) is 1. The molecule has 0 heterocycles. The fraction of sp³-hybridized carbons (Fsp3) is 0.500. The summed E-state index contributed by atoms with van der Waals surface area (Å²) in [6, 6.07) is 3.22. The highest BCUT2D eigenvalue weighted by molar-refractivity contribution is 9.10. The van der Waals surface area contributed by atoms with Gasteiger partial charge in [-0.3, -0.25) is 4.90 Å². The first-order valence-electron chi connectivity index (χ1n) is 7.13. The third-order valence-electron chi connectivity index (χ3n) is 2.93. The van der Waals surface area contributed by atoms with Gasteiger partial charge in [0.05, 0.1) is 0 Å². The number of hydrogen-bond donors (Lipinski definition) is 1. The number of carboxylic acid groups (broad SMARTS) is 1. The first kappa shape index (κ1) is 19.8. The van der Waals surface area contributed by atoms with Crippen molar-refractivity contribution >= 4 is 39.6 Å². The first-order valence-corrected chi connectivity index (χ1v) is 8.30. The lowest BCUT2D eigenvalue weighted by atomic mass is 10.0. The lowest BCUT2D eigenvalue weighted by Gasteiger charge is -2.34. The molecule has 0 saturated heterocycles. The Morgan fingerprint density at radius 2 is 1.87 bits per heavy atom. The van der Waals surface area contributed by atoms with E-state index in [1.165, 1.54) is 4.90 Å². The number of aliphatic carboxylic acids is 1. The normalized spacial score (nSPS) is 12.9. The Morgan fingerprint density at radius 3 is 2.26 bits per heavy atom. The molecule has 0 saturated carbocycles. The average molecular weight is 407 g/mol. The van der Waals surface area contributed by atoms with Gasteiger partial charge < -0.3 is 9.84 Å². The second-order valence-electron chi connectivity index (χ2n) is 6.39. The second kappa shape index (κ2) is 7.53. The highest BCUT2D eigenvalue weighted by atomic mass is 79.9. The van der Waals surface area contributed by atoms with Gasteiger partial charge in [-0.2, -0.15) is 0 Å². The van der Waals surface area contributed by atoms with Crippen molar-refractivity contribution in [1.82, 2.24) is 4.90 Å². The Kier molecular flexibility index (Phi) is 6.48. The molecule has 0 spiro atoms. The molecule has 0 aromatic heterocycles. The van der Waals surface area contributed by atoms with Gasteiger partial charge in [-0.1, -0.05) is 33.6 Å². The molecule has 0 aliphatic carbocycles. The number of halogens is 2. The molecule has 5 nitrogen and oxygen atoms in total. The minimum Gasteiger partial charge on any atom is -0.479 e. The predicted molar refractivity (Wildman–Crippen MR) is 92.7 cm³/mol. The number of rotatable bonds is 4. The van der Waals surface area contributed by atoms with Crippen LogP contribution in [0.3, 0.4) is 0 Å². The topological polar surface area (TPSA) is 66.8 Å². The molecule has 0 bridgehead atoms. The predicted octanol–water partition coefficient (Wildman–Crippen LogP) is 4.87. The molecule has 1 N–H and O–H groups in total. The Hall–Kier alpha value is -1.27. The SMILES string of the molecule is CC(C)N(C(=O)OC(C)(C)C)C(C(=O)O)c1ccc(Cl)cc1Br.